The summed E-state index contributed by atoms with van der Waals surface area (Å²) in [6, 6.07) is 0. The SMILES string of the molecule is C=CCn1cc[n+](C)c1.NS(=O)(=O)C(F)(F)F. The first-order valence-corrected chi connectivity index (χ1v) is 5.83. The third-order valence-corrected chi connectivity index (χ3v) is 2.13. The van der Waals surface area contributed by atoms with Crippen LogP contribution in [-0.2, 0) is 23.6 Å². The van der Waals surface area contributed by atoms with E-state index in [1.54, 1.807) is 0 Å². The first kappa shape index (κ1) is 15.6. The maximum atomic E-state index is 10.8. The summed E-state index contributed by atoms with van der Waals surface area (Å²) in [6.07, 6.45) is 7.91. The van der Waals surface area contributed by atoms with Crippen LogP contribution in [0.5, 0.6) is 0 Å². The van der Waals surface area contributed by atoms with Crippen molar-refractivity contribution in [3.05, 3.63) is 31.4 Å². The van der Waals surface area contributed by atoms with Gasteiger partial charge in [-0.1, -0.05) is 12.7 Å². The van der Waals surface area contributed by atoms with Gasteiger partial charge in [-0.15, -0.1) is 0 Å². The number of sulfonamides is 1. The van der Waals surface area contributed by atoms with E-state index in [2.05, 4.69) is 16.3 Å². The molecule has 0 saturated carbocycles. The van der Waals surface area contributed by atoms with Gasteiger partial charge in [0, 0.05) is 0 Å². The Morgan fingerprint density at radius 2 is 2.00 bits per heavy atom. The molecular weight excluding hydrogens is 259 g/mol. The summed E-state index contributed by atoms with van der Waals surface area (Å²) in [5.74, 6) is 0. The molecule has 9 heteroatoms. The molecule has 1 rings (SSSR count). The largest absolute Gasteiger partial charge is 0.511 e. The fourth-order valence-corrected chi connectivity index (χ4v) is 0.759. The van der Waals surface area contributed by atoms with Gasteiger partial charge in [-0.25, -0.2) is 22.7 Å². The van der Waals surface area contributed by atoms with Crippen LogP contribution in [0.15, 0.2) is 31.4 Å². The molecule has 98 valence electrons. The Kier molecular flexibility index (Phi) is 5.36. The molecular formula is C8H13F3N3O2S+. The number of hydrogen-bond acceptors (Lipinski definition) is 2. The van der Waals surface area contributed by atoms with Crippen molar-refractivity contribution in [3.63, 3.8) is 0 Å². The van der Waals surface area contributed by atoms with Gasteiger partial charge in [0.15, 0.2) is 0 Å². The van der Waals surface area contributed by atoms with E-state index in [1.807, 2.05) is 36.4 Å². The molecule has 0 fully saturated rings. The quantitative estimate of drug-likeness (QED) is 0.621. The highest BCUT2D eigenvalue weighted by molar-refractivity contribution is 7.90. The van der Waals surface area contributed by atoms with Crippen molar-refractivity contribution in [2.24, 2.45) is 12.2 Å². The van der Waals surface area contributed by atoms with Crippen LogP contribution in [-0.4, -0.2) is 18.5 Å². The number of primary sulfonamides is 1. The molecule has 0 aromatic carbocycles. The lowest BCUT2D eigenvalue weighted by molar-refractivity contribution is -0.671. The minimum Gasteiger partial charge on any atom is -0.240 e. The van der Waals surface area contributed by atoms with Gasteiger partial charge in [0.2, 0.25) is 6.33 Å². The summed E-state index contributed by atoms with van der Waals surface area (Å²) < 4.78 is 55.2. The molecule has 0 radical (unpaired) electrons. The van der Waals surface area contributed by atoms with E-state index in [0.717, 1.165) is 6.54 Å². The first-order chi connectivity index (χ1) is 7.58. The third kappa shape index (κ3) is 6.07. The van der Waals surface area contributed by atoms with Crippen molar-refractivity contribution in [3.8, 4) is 0 Å². The second kappa shape index (κ2) is 5.82. The predicted molar refractivity (Wildman–Crippen MR) is 55.0 cm³/mol. The van der Waals surface area contributed by atoms with Crippen LogP contribution < -0.4 is 9.71 Å². The topological polar surface area (TPSA) is 69.0 Å². The fraction of sp³-hybridized carbons (Fsp3) is 0.375. The van der Waals surface area contributed by atoms with E-state index >= 15 is 0 Å². The number of nitrogens with zero attached hydrogens (tertiary/aromatic N) is 2. The van der Waals surface area contributed by atoms with Crippen molar-refractivity contribution in [1.82, 2.24) is 4.57 Å². The zero-order valence-corrected chi connectivity index (χ0v) is 9.87. The lowest BCUT2D eigenvalue weighted by Crippen LogP contribution is -2.30. The normalized spacial score (nSPS) is 11.6. The Morgan fingerprint density at radius 3 is 2.24 bits per heavy atom. The van der Waals surface area contributed by atoms with Crippen molar-refractivity contribution in [2.45, 2.75) is 12.1 Å². The number of allylic oxidation sites excluding steroid dienone is 1. The average molecular weight is 272 g/mol. The van der Waals surface area contributed by atoms with Crippen LogP contribution in [0.1, 0.15) is 0 Å². The summed E-state index contributed by atoms with van der Waals surface area (Å²) >= 11 is 0. The van der Waals surface area contributed by atoms with Crippen molar-refractivity contribution < 1.29 is 26.2 Å². The van der Waals surface area contributed by atoms with E-state index in [1.165, 1.54) is 0 Å². The van der Waals surface area contributed by atoms with Gasteiger partial charge in [0.05, 0.1) is 7.05 Å². The Labute approximate surface area is 97.0 Å². The lowest BCUT2D eigenvalue weighted by Gasteiger charge is -1.98. The van der Waals surface area contributed by atoms with E-state index in [9.17, 15) is 21.6 Å². The third-order valence-electron chi connectivity index (χ3n) is 1.49. The summed E-state index contributed by atoms with van der Waals surface area (Å²) in [6.45, 7) is 4.52. The maximum Gasteiger partial charge on any atom is 0.511 e. The highest BCUT2D eigenvalue weighted by atomic mass is 32.2. The molecule has 0 bridgehead atoms. The Balaban J connectivity index is 0.000000304. The van der Waals surface area contributed by atoms with Gasteiger partial charge < -0.3 is 0 Å². The second-order valence-electron chi connectivity index (χ2n) is 3.06. The van der Waals surface area contributed by atoms with E-state index in [0.29, 0.717) is 0 Å². The molecule has 0 amide bonds. The molecule has 0 aliphatic heterocycles. The van der Waals surface area contributed by atoms with Crippen LogP contribution in [0.4, 0.5) is 13.2 Å². The van der Waals surface area contributed by atoms with Gasteiger partial charge in [0.25, 0.3) is 0 Å². The van der Waals surface area contributed by atoms with Crippen LogP contribution in [0.2, 0.25) is 0 Å². The zero-order chi connectivity index (χ0) is 13.7. The first-order valence-electron chi connectivity index (χ1n) is 4.29. The highest BCUT2D eigenvalue weighted by Gasteiger charge is 2.42. The number of rotatable bonds is 2. The maximum absolute atomic E-state index is 10.8. The summed E-state index contributed by atoms with van der Waals surface area (Å²) in [5.41, 5.74) is -5.31. The van der Waals surface area contributed by atoms with E-state index in [-0.39, 0.29) is 0 Å². The Hall–Kier alpha value is -1.35. The molecule has 5 nitrogen and oxygen atoms in total. The molecule has 0 aliphatic rings. The molecule has 0 unspecified atom stereocenters. The molecule has 0 saturated heterocycles. The van der Waals surface area contributed by atoms with E-state index in [4.69, 9.17) is 0 Å². The fourth-order valence-electron chi connectivity index (χ4n) is 0.759. The lowest BCUT2D eigenvalue weighted by atomic mass is 10.6. The van der Waals surface area contributed by atoms with Crippen molar-refractivity contribution >= 4 is 10.0 Å². The van der Waals surface area contributed by atoms with Crippen LogP contribution in [0.3, 0.4) is 0 Å². The number of imidazole rings is 1. The number of nitrogens with two attached hydrogens (primary N) is 1. The molecule has 0 spiro atoms. The van der Waals surface area contributed by atoms with Gasteiger partial charge in [-0.05, 0) is 0 Å². The van der Waals surface area contributed by atoms with Crippen molar-refractivity contribution in [1.29, 1.82) is 0 Å². The molecule has 1 aromatic rings. The van der Waals surface area contributed by atoms with E-state index < -0.39 is 15.5 Å². The monoisotopic (exact) mass is 272 g/mol. The Morgan fingerprint density at radius 1 is 1.53 bits per heavy atom. The zero-order valence-electron chi connectivity index (χ0n) is 9.05. The molecule has 0 atom stereocenters. The number of halogens is 3. The van der Waals surface area contributed by atoms with Gasteiger partial charge in [0.1, 0.15) is 18.9 Å². The standard InChI is InChI=1S/C7H11N2.CH2F3NO2S/c1-3-4-9-6-5-8(2)7-9;2-1(3,4)8(5,6)7/h3,5-7H,1,4H2,2H3;(H2,5,6,7)/q+1;. The van der Waals surface area contributed by atoms with Crippen LogP contribution >= 0.6 is 0 Å². The molecule has 2 N–H and O–H groups in total. The second-order valence-corrected chi connectivity index (χ2v) is 4.61. The Bertz CT molecular complexity index is 465. The minimum absolute atomic E-state index is 0.890. The van der Waals surface area contributed by atoms with Crippen LogP contribution in [0, 0.1) is 0 Å². The van der Waals surface area contributed by atoms with Gasteiger partial charge in [-0.2, -0.15) is 13.2 Å². The molecule has 17 heavy (non-hydrogen) atoms. The molecule has 1 heterocycles. The van der Waals surface area contributed by atoms with Gasteiger partial charge >= 0.3 is 15.5 Å². The highest BCUT2D eigenvalue weighted by Crippen LogP contribution is 2.18. The number of hydrogen-bond donors (Lipinski definition) is 1. The average Bonchev–Trinajstić information content (AvgIpc) is 2.49. The number of aromatic nitrogens is 2. The van der Waals surface area contributed by atoms with Crippen LogP contribution in [0.25, 0.3) is 0 Å². The minimum atomic E-state index is -5.34. The van der Waals surface area contributed by atoms with Gasteiger partial charge in [-0.3, -0.25) is 0 Å². The molecule has 0 aliphatic carbocycles. The smallest absolute Gasteiger partial charge is 0.240 e. The summed E-state index contributed by atoms with van der Waals surface area (Å²) in [4.78, 5) is 0. The summed E-state index contributed by atoms with van der Waals surface area (Å²) in [5, 5.41) is 3.66. The molecule has 1 aromatic heterocycles. The number of alkyl halides is 3. The van der Waals surface area contributed by atoms with Crippen molar-refractivity contribution in [2.75, 3.05) is 0 Å². The predicted octanol–water partition coefficient (Wildman–Crippen LogP) is 0.293. The number of aryl methyl sites for hydroxylation is 1. The summed E-state index contributed by atoms with van der Waals surface area (Å²) in [7, 11) is -3.34.